The standard InChI is InChI=1S/C23H18BrN/c1-13-7-8-14(2)20-19(13)21(15-9-11-16(24)12-10-15)22-17-5-3-4-6-18(17)25-23(20)22/h3-12,21,25H,1-2H3. The molecular formula is C23H18BrN. The largest absolute Gasteiger partial charge is 0.354 e. The molecule has 1 aliphatic carbocycles. The third-order valence-electron chi connectivity index (χ3n) is 5.45. The maximum atomic E-state index is 3.70. The topological polar surface area (TPSA) is 15.8 Å². The number of aromatic nitrogens is 1. The van der Waals surface area contributed by atoms with Crippen LogP contribution in [0.1, 0.15) is 33.7 Å². The van der Waals surface area contributed by atoms with E-state index in [2.05, 4.69) is 95.4 Å². The maximum Gasteiger partial charge on any atom is 0.0513 e. The number of para-hydroxylation sites is 1. The Labute approximate surface area is 155 Å². The van der Waals surface area contributed by atoms with Crippen LogP contribution in [0.3, 0.4) is 0 Å². The van der Waals surface area contributed by atoms with Crippen molar-refractivity contribution in [1.29, 1.82) is 0 Å². The van der Waals surface area contributed by atoms with Gasteiger partial charge in [0.15, 0.2) is 0 Å². The van der Waals surface area contributed by atoms with Crippen LogP contribution in [0.2, 0.25) is 0 Å². The number of hydrogen-bond donors (Lipinski definition) is 1. The van der Waals surface area contributed by atoms with Gasteiger partial charge in [0.2, 0.25) is 0 Å². The number of H-pyrrole nitrogens is 1. The van der Waals surface area contributed by atoms with E-state index in [-0.39, 0.29) is 5.92 Å². The fraction of sp³-hybridized carbons (Fsp3) is 0.130. The van der Waals surface area contributed by atoms with Gasteiger partial charge in [-0.25, -0.2) is 0 Å². The summed E-state index contributed by atoms with van der Waals surface area (Å²) in [6, 6.07) is 21.9. The minimum absolute atomic E-state index is 0.286. The van der Waals surface area contributed by atoms with Gasteiger partial charge < -0.3 is 4.98 Å². The molecule has 0 amide bonds. The monoisotopic (exact) mass is 387 g/mol. The summed E-state index contributed by atoms with van der Waals surface area (Å²) in [6.07, 6.45) is 0. The Kier molecular flexibility index (Phi) is 3.20. The zero-order chi connectivity index (χ0) is 17.1. The summed E-state index contributed by atoms with van der Waals surface area (Å²) in [6.45, 7) is 4.45. The maximum absolute atomic E-state index is 3.70. The second-order valence-electron chi connectivity index (χ2n) is 6.93. The van der Waals surface area contributed by atoms with Crippen LogP contribution < -0.4 is 0 Å². The molecule has 1 nitrogen and oxygen atoms in total. The molecule has 1 aliphatic rings. The molecule has 5 rings (SSSR count). The van der Waals surface area contributed by atoms with E-state index >= 15 is 0 Å². The van der Waals surface area contributed by atoms with Gasteiger partial charge in [-0.3, -0.25) is 0 Å². The molecule has 1 N–H and O–H groups in total. The molecule has 3 aromatic carbocycles. The molecule has 1 aromatic heterocycles. The number of nitrogens with one attached hydrogen (secondary N) is 1. The molecule has 1 atom stereocenters. The number of rotatable bonds is 1. The predicted molar refractivity (Wildman–Crippen MR) is 108 cm³/mol. The van der Waals surface area contributed by atoms with Crippen molar-refractivity contribution in [2.45, 2.75) is 19.8 Å². The number of halogens is 1. The summed E-state index contributed by atoms with van der Waals surface area (Å²) in [7, 11) is 0. The molecule has 122 valence electrons. The first-order valence-electron chi connectivity index (χ1n) is 8.61. The van der Waals surface area contributed by atoms with Crippen LogP contribution in [0.4, 0.5) is 0 Å². The molecule has 4 aromatic rings. The van der Waals surface area contributed by atoms with Crippen molar-refractivity contribution in [2.24, 2.45) is 0 Å². The van der Waals surface area contributed by atoms with E-state index in [4.69, 9.17) is 0 Å². The first-order chi connectivity index (χ1) is 12.1. The highest BCUT2D eigenvalue weighted by Gasteiger charge is 2.35. The van der Waals surface area contributed by atoms with E-state index < -0.39 is 0 Å². The van der Waals surface area contributed by atoms with Gasteiger partial charge in [-0.1, -0.05) is 58.4 Å². The zero-order valence-corrected chi connectivity index (χ0v) is 15.8. The lowest BCUT2D eigenvalue weighted by molar-refractivity contribution is 1.01. The zero-order valence-electron chi connectivity index (χ0n) is 14.2. The van der Waals surface area contributed by atoms with Crippen LogP contribution in [0.5, 0.6) is 0 Å². The highest BCUT2D eigenvalue weighted by atomic mass is 79.9. The third-order valence-corrected chi connectivity index (χ3v) is 5.98. The van der Waals surface area contributed by atoms with Gasteiger partial charge in [0, 0.05) is 26.9 Å². The molecule has 0 spiro atoms. The van der Waals surface area contributed by atoms with Gasteiger partial charge >= 0.3 is 0 Å². The molecule has 0 radical (unpaired) electrons. The molecule has 0 fully saturated rings. The Hall–Kier alpha value is -2.32. The smallest absolute Gasteiger partial charge is 0.0513 e. The fourth-order valence-corrected chi connectivity index (χ4v) is 4.59. The van der Waals surface area contributed by atoms with E-state index in [0.29, 0.717) is 0 Å². The number of fused-ring (bicyclic) bond motifs is 5. The minimum Gasteiger partial charge on any atom is -0.354 e. The van der Waals surface area contributed by atoms with Gasteiger partial charge in [-0.05, 0) is 59.9 Å². The van der Waals surface area contributed by atoms with Crippen LogP contribution in [0.15, 0.2) is 65.1 Å². The van der Waals surface area contributed by atoms with Gasteiger partial charge in [-0.2, -0.15) is 0 Å². The Morgan fingerprint density at radius 1 is 0.800 bits per heavy atom. The lowest BCUT2D eigenvalue weighted by atomic mass is 9.85. The first-order valence-corrected chi connectivity index (χ1v) is 9.41. The molecule has 1 heterocycles. The molecule has 0 bridgehead atoms. The summed E-state index contributed by atoms with van der Waals surface area (Å²) in [5, 5.41) is 1.33. The lowest BCUT2D eigenvalue weighted by Gasteiger charge is -2.17. The molecule has 25 heavy (non-hydrogen) atoms. The van der Waals surface area contributed by atoms with Crippen molar-refractivity contribution >= 4 is 26.8 Å². The number of benzene rings is 3. The van der Waals surface area contributed by atoms with E-state index in [1.165, 1.54) is 50.0 Å². The van der Waals surface area contributed by atoms with Gasteiger partial charge in [-0.15, -0.1) is 0 Å². The van der Waals surface area contributed by atoms with E-state index in [9.17, 15) is 0 Å². The molecule has 0 aliphatic heterocycles. The van der Waals surface area contributed by atoms with Gasteiger partial charge in [0.1, 0.15) is 0 Å². The number of aryl methyl sites for hydroxylation is 2. The van der Waals surface area contributed by atoms with Crippen molar-refractivity contribution in [3.63, 3.8) is 0 Å². The molecule has 1 unspecified atom stereocenters. The Balaban J connectivity index is 1.91. The lowest BCUT2D eigenvalue weighted by Crippen LogP contribution is -2.01. The SMILES string of the molecule is Cc1ccc(C)c2c1-c1[nH]c3ccccc3c1C2c1ccc(Br)cc1. The van der Waals surface area contributed by atoms with Crippen molar-refractivity contribution in [3.05, 3.63) is 93.0 Å². The Bertz CT molecular complexity index is 1120. The van der Waals surface area contributed by atoms with Crippen LogP contribution in [-0.4, -0.2) is 4.98 Å². The number of aromatic amines is 1. The van der Waals surface area contributed by atoms with Gasteiger partial charge in [0.25, 0.3) is 0 Å². The Morgan fingerprint density at radius 2 is 1.52 bits per heavy atom. The summed E-state index contributed by atoms with van der Waals surface area (Å²) in [4.78, 5) is 3.70. The quantitative estimate of drug-likeness (QED) is 0.329. The van der Waals surface area contributed by atoms with Crippen LogP contribution >= 0.6 is 15.9 Å². The predicted octanol–water partition coefficient (Wildman–Crippen LogP) is 6.71. The second-order valence-corrected chi connectivity index (χ2v) is 7.85. The summed E-state index contributed by atoms with van der Waals surface area (Å²) in [5.41, 5.74) is 10.8. The summed E-state index contributed by atoms with van der Waals surface area (Å²) >= 11 is 3.57. The van der Waals surface area contributed by atoms with Crippen molar-refractivity contribution < 1.29 is 0 Å². The average Bonchev–Trinajstić information content (AvgIpc) is 3.14. The Morgan fingerprint density at radius 3 is 2.32 bits per heavy atom. The number of hydrogen-bond acceptors (Lipinski definition) is 0. The third kappa shape index (κ3) is 2.07. The van der Waals surface area contributed by atoms with E-state index in [1.54, 1.807) is 0 Å². The van der Waals surface area contributed by atoms with Crippen LogP contribution in [0, 0.1) is 13.8 Å². The average molecular weight is 388 g/mol. The molecule has 0 saturated carbocycles. The van der Waals surface area contributed by atoms with Gasteiger partial charge in [0.05, 0.1) is 5.69 Å². The highest BCUT2D eigenvalue weighted by molar-refractivity contribution is 9.10. The van der Waals surface area contributed by atoms with Crippen molar-refractivity contribution in [3.8, 4) is 11.3 Å². The highest BCUT2D eigenvalue weighted by Crippen LogP contribution is 2.52. The van der Waals surface area contributed by atoms with Crippen LogP contribution in [-0.2, 0) is 0 Å². The molecule has 0 saturated heterocycles. The second kappa shape index (κ2) is 5.34. The minimum atomic E-state index is 0.286. The fourth-order valence-electron chi connectivity index (χ4n) is 4.33. The normalized spacial score (nSPS) is 15.4. The molecule has 2 heteroatoms. The summed E-state index contributed by atoms with van der Waals surface area (Å²) in [5.74, 6) is 0.286. The van der Waals surface area contributed by atoms with E-state index in [0.717, 1.165) is 4.47 Å². The van der Waals surface area contributed by atoms with Crippen LogP contribution in [0.25, 0.3) is 22.2 Å². The molecular weight excluding hydrogens is 370 g/mol. The first kappa shape index (κ1) is 15.0. The van der Waals surface area contributed by atoms with Crippen molar-refractivity contribution in [1.82, 2.24) is 4.98 Å². The van der Waals surface area contributed by atoms with Crippen molar-refractivity contribution in [2.75, 3.05) is 0 Å². The van der Waals surface area contributed by atoms with E-state index in [1.807, 2.05) is 0 Å². The summed E-state index contributed by atoms with van der Waals surface area (Å²) < 4.78 is 1.12.